The standard InChI is InChI=1S/C35H42N4O4/c1-23-31(27-10-6-7-11-29(27)36-23)32-28(34(32,2)3)21-30(40)39(22-26-9-8-18-43-26)35(4,5)33(41)37-24-12-14-25(15-13-24)38-16-19-42-20-17-38/h6-15,18,28,32,36H,16-17,19-22H2,1-5H3,(H,37,41)/t28-,32+/m1/s1. The summed E-state index contributed by atoms with van der Waals surface area (Å²) in [6.07, 6.45) is 1.95. The number of aryl methyl sites for hydroxylation is 1. The molecule has 0 spiro atoms. The predicted molar refractivity (Wildman–Crippen MR) is 169 cm³/mol. The lowest BCUT2D eigenvalue weighted by Crippen LogP contribution is -2.54. The van der Waals surface area contributed by atoms with Gasteiger partial charge in [-0.3, -0.25) is 9.59 Å². The van der Waals surface area contributed by atoms with Crippen molar-refractivity contribution in [1.82, 2.24) is 9.88 Å². The third kappa shape index (κ3) is 5.56. The normalized spacial score (nSPS) is 19.8. The van der Waals surface area contributed by atoms with Gasteiger partial charge in [0.15, 0.2) is 0 Å². The fraction of sp³-hybridized carbons (Fsp3) is 0.429. The van der Waals surface area contributed by atoms with Gasteiger partial charge in [0.1, 0.15) is 11.3 Å². The summed E-state index contributed by atoms with van der Waals surface area (Å²) >= 11 is 0. The highest BCUT2D eigenvalue weighted by Crippen LogP contribution is 2.67. The van der Waals surface area contributed by atoms with Gasteiger partial charge in [0.25, 0.3) is 0 Å². The Hall–Kier alpha value is -4.04. The number of hydrogen-bond donors (Lipinski definition) is 2. The number of nitrogens with one attached hydrogen (secondary N) is 2. The van der Waals surface area contributed by atoms with Gasteiger partial charge in [-0.2, -0.15) is 0 Å². The van der Waals surface area contributed by atoms with Crippen molar-refractivity contribution in [2.75, 3.05) is 36.5 Å². The Morgan fingerprint density at radius 1 is 1.05 bits per heavy atom. The molecule has 2 atom stereocenters. The number of furan rings is 1. The lowest BCUT2D eigenvalue weighted by molar-refractivity contribution is -0.145. The Morgan fingerprint density at radius 3 is 2.47 bits per heavy atom. The van der Waals surface area contributed by atoms with Crippen LogP contribution in [0.25, 0.3) is 10.9 Å². The summed E-state index contributed by atoms with van der Waals surface area (Å²) in [7, 11) is 0. The van der Waals surface area contributed by atoms with Gasteiger partial charge >= 0.3 is 0 Å². The van der Waals surface area contributed by atoms with Crippen molar-refractivity contribution >= 4 is 34.1 Å². The largest absolute Gasteiger partial charge is 0.467 e. The molecule has 0 unspecified atom stereocenters. The quantitative estimate of drug-likeness (QED) is 0.236. The van der Waals surface area contributed by atoms with Crippen molar-refractivity contribution < 1.29 is 18.7 Å². The van der Waals surface area contributed by atoms with E-state index in [1.54, 1.807) is 17.2 Å². The van der Waals surface area contributed by atoms with Gasteiger partial charge in [0, 0.05) is 47.5 Å². The van der Waals surface area contributed by atoms with Crippen LogP contribution in [0.15, 0.2) is 71.3 Å². The van der Waals surface area contributed by atoms with Crippen LogP contribution in [0.3, 0.4) is 0 Å². The zero-order valence-corrected chi connectivity index (χ0v) is 25.8. The molecule has 226 valence electrons. The number of morpholine rings is 1. The number of benzene rings is 2. The molecule has 1 aliphatic heterocycles. The van der Waals surface area contributed by atoms with Gasteiger partial charge in [-0.15, -0.1) is 0 Å². The summed E-state index contributed by atoms with van der Waals surface area (Å²) in [5.74, 6) is 0.745. The second kappa shape index (κ2) is 11.2. The molecule has 6 rings (SSSR count). The number of ether oxygens (including phenoxy) is 1. The molecule has 1 saturated heterocycles. The van der Waals surface area contributed by atoms with Crippen molar-refractivity contribution in [1.29, 1.82) is 0 Å². The van der Waals surface area contributed by atoms with Gasteiger partial charge in [-0.05, 0) is 86.1 Å². The van der Waals surface area contributed by atoms with E-state index in [4.69, 9.17) is 9.15 Å². The number of amides is 2. The predicted octanol–water partition coefficient (Wildman–Crippen LogP) is 6.48. The molecule has 1 saturated carbocycles. The van der Waals surface area contributed by atoms with Crippen molar-refractivity contribution in [3.63, 3.8) is 0 Å². The molecule has 2 N–H and O–H groups in total. The van der Waals surface area contributed by atoms with Crippen LogP contribution in [0.5, 0.6) is 0 Å². The van der Waals surface area contributed by atoms with E-state index in [1.807, 2.05) is 50.2 Å². The van der Waals surface area contributed by atoms with E-state index in [9.17, 15) is 9.59 Å². The number of aromatic amines is 1. The Kier molecular flexibility index (Phi) is 7.59. The first-order valence-corrected chi connectivity index (χ1v) is 15.2. The molecule has 2 aromatic carbocycles. The van der Waals surface area contributed by atoms with E-state index in [1.165, 1.54) is 10.9 Å². The molecule has 2 amide bonds. The number of anilines is 2. The smallest absolute Gasteiger partial charge is 0.249 e. The van der Waals surface area contributed by atoms with Crippen LogP contribution >= 0.6 is 0 Å². The maximum atomic E-state index is 14.2. The lowest BCUT2D eigenvalue weighted by atomic mass is 9.98. The van der Waals surface area contributed by atoms with E-state index in [0.717, 1.165) is 30.0 Å². The number of carbonyl (C=O) groups is 2. The molecule has 2 aromatic heterocycles. The summed E-state index contributed by atoms with van der Waals surface area (Å²) in [6.45, 7) is 13.6. The van der Waals surface area contributed by atoms with Gasteiger partial charge in [0.05, 0.1) is 26.0 Å². The molecule has 0 bridgehead atoms. The van der Waals surface area contributed by atoms with Crippen LogP contribution in [0.1, 0.15) is 57.1 Å². The summed E-state index contributed by atoms with van der Waals surface area (Å²) < 4.78 is 11.1. The molecule has 1 aliphatic carbocycles. The molecule has 43 heavy (non-hydrogen) atoms. The summed E-state index contributed by atoms with van der Waals surface area (Å²) in [6, 6.07) is 19.9. The van der Waals surface area contributed by atoms with Crippen LogP contribution in [0, 0.1) is 18.3 Å². The van der Waals surface area contributed by atoms with Crippen molar-refractivity contribution in [2.45, 2.75) is 59.0 Å². The number of hydrogen-bond acceptors (Lipinski definition) is 5. The maximum Gasteiger partial charge on any atom is 0.249 e. The van der Waals surface area contributed by atoms with Gasteiger partial charge in [0.2, 0.25) is 11.8 Å². The highest BCUT2D eigenvalue weighted by molar-refractivity contribution is 6.00. The number of rotatable bonds is 9. The number of H-pyrrole nitrogens is 1. The van der Waals surface area contributed by atoms with E-state index >= 15 is 0 Å². The van der Waals surface area contributed by atoms with Gasteiger partial charge in [-0.1, -0.05) is 32.0 Å². The van der Waals surface area contributed by atoms with E-state index in [0.29, 0.717) is 31.1 Å². The van der Waals surface area contributed by atoms with Crippen LogP contribution in [-0.2, 0) is 20.9 Å². The van der Waals surface area contributed by atoms with Crippen molar-refractivity contribution in [3.05, 3.63) is 83.9 Å². The van der Waals surface area contributed by atoms with Crippen LogP contribution in [-0.4, -0.2) is 53.5 Å². The van der Waals surface area contributed by atoms with E-state index in [2.05, 4.69) is 54.2 Å². The summed E-state index contributed by atoms with van der Waals surface area (Å²) in [5, 5.41) is 4.28. The SMILES string of the molecule is Cc1[nH]c2ccccc2c1[C@@H]1[C@@H](CC(=O)N(Cc2ccco2)C(C)(C)C(=O)Nc2ccc(N3CCOCC3)cc2)C1(C)C. The zero-order chi connectivity index (χ0) is 30.4. The average Bonchev–Trinajstić information content (AvgIpc) is 3.36. The Labute approximate surface area is 253 Å². The number of fused-ring (bicyclic) bond motifs is 1. The number of carbonyl (C=O) groups excluding carboxylic acids is 2. The fourth-order valence-electron chi connectivity index (χ4n) is 6.84. The molecule has 0 radical (unpaired) electrons. The zero-order valence-electron chi connectivity index (χ0n) is 25.8. The number of aromatic nitrogens is 1. The van der Waals surface area contributed by atoms with Crippen molar-refractivity contribution in [3.8, 4) is 0 Å². The highest BCUT2D eigenvalue weighted by atomic mass is 16.5. The molecule has 8 heteroatoms. The second-order valence-electron chi connectivity index (χ2n) is 13.0. The Morgan fingerprint density at radius 2 is 1.77 bits per heavy atom. The molecule has 8 nitrogen and oxygen atoms in total. The molecular formula is C35H42N4O4. The van der Waals surface area contributed by atoms with Crippen LogP contribution in [0.2, 0.25) is 0 Å². The fourth-order valence-corrected chi connectivity index (χ4v) is 6.84. The minimum Gasteiger partial charge on any atom is -0.467 e. The Balaban J connectivity index is 1.20. The number of para-hydroxylation sites is 1. The van der Waals surface area contributed by atoms with E-state index in [-0.39, 0.29) is 35.6 Å². The summed E-state index contributed by atoms with van der Waals surface area (Å²) in [5.41, 5.74) is 4.20. The third-order valence-electron chi connectivity index (χ3n) is 9.63. The lowest BCUT2D eigenvalue weighted by Gasteiger charge is -2.37. The second-order valence-corrected chi connectivity index (χ2v) is 13.0. The minimum atomic E-state index is -1.13. The van der Waals surface area contributed by atoms with Crippen LogP contribution < -0.4 is 10.2 Å². The number of nitrogens with zero attached hydrogens (tertiary/aromatic N) is 2. The van der Waals surface area contributed by atoms with Crippen molar-refractivity contribution in [2.24, 2.45) is 11.3 Å². The maximum absolute atomic E-state index is 14.2. The Bertz CT molecular complexity index is 1600. The van der Waals surface area contributed by atoms with Gasteiger partial charge in [-0.25, -0.2) is 0 Å². The molecule has 2 fully saturated rings. The van der Waals surface area contributed by atoms with E-state index < -0.39 is 5.54 Å². The van der Waals surface area contributed by atoms with Crippen LogP contribution in [0.4, 0.5) is 11.4 Å². The van der Waals surface area contributed by atoms with Gasteiger partial charge < -0.3 is 29.3 Å². The first-order valence-electron chi connectivity index (χ1n) is 15.2. The monoisotopic (exact) mass is 582 g/mol. The molecule has 2 aliphatic rings. The minimum absolute atomic E-state index is 0.0453. The third-order valence-corrected chi connectivity index (χ3v) is 9.63. The first kappa shape index (κ1) is 29.1. The average molecular weight is 583 g/mol. The first-order chi connectivity index (χ1) is 20.6. The summed E-state index contributed by atoms with van der Waals surface area (Å²) in [4.78, 5) is 35.5. The molecule has 3 heterocycles. The molecule has 4 aromatic rings. The molecular weight excluding hydrogens is 540 g/mol. The topological polar surface area (TPSA) is 90.8 Å². The highest BCUT2D eigenvalue weighted by Gasteiger charge is 2.60.